The van der Waals surface area contributed by atoms with Gasteiger partial charge in [0.25, 0.3) is 11.5 Å². The molecule has 0 aliphatic heterocycles. The van der Waals surface area contributed by atoms with Gasteiger partial charge in [0.2, 0.25) is 0 Å². The number of fused-ring (bicyclic) bond motifs is 1. The number of ether oxygens (including phenoxy) is 1. The first-order chi connectivity index (χ1) is 12.3. The number of hydrogen-bond donors (Lipinski definition) is 2. The van der Waals surface area contributed by atoms with E-state index in [1.807, 2.05) is 19.2 Å². The van der Waals surface area contributed by atoms with Gasteiger partial charge in [-0.3, -0.25) is 28.9 Å². The van der Waals surface area contributed by atoms with Crippen molar-refractivity contribution in [3.63, 3.8) is 0 Å². The fraction of sp³-hybridized carbons (Fsp3) is 0.467. The largest absolute Gasteiger partial charge is 0.454 e. The molecule has 26 heavy (non-hydrogen) atoms. The molecule has 2 aromatic rings. The molecular formula is C15H20N6O5. The summed E-state index contributed by atoms with van der Waals surface area (Å²) in [6.45, 7) is 3.17. The number of hydrogen-bond acceptors (Lipinski definition) is 7. The van der Waals surface area contributed by atoms with Gasteiger partial charge in [-0.15, -0.1) is 0 Å². The molecule has 0 fully saturated rings. The van der Waals surface area contributed by atoms with Crippen LogP contribution in [0.3, 0.4) is 0 Å². The lowest BCUT2D eigenvalue weighted by Crippen LogP contribution is -2.42. The normalized spacial score (nSPS) is 10.8. The summed E-state index contributed by atoms with van der Waals surface area (Å²) < 4.78 is 7.26. The number of rotatable bonds is 6. The lowest BCUT2D eigenvalue weighted by atomic mass is 10.2. The van der Waals surface area contributed by atoms with Crippen LogP contribution in [-0.2, 0) is 27.9 Å². The van der Waals surface area contributed by atoms with Crippen LogP contribution >= 0.6 is 0 Å². The lowest BCUT2D eigenvalue weighted by Gasteiger charge is -2.09. The molecule has 0 radical (unpaired) electrons. The van der Waals surface area contributed by atoms with Gasteiger partial charge in [-0.1, -0.05) is 13.8 Å². The summed E-state index contributed by atoms with van der Waals surface area (Å²) in [6, 6.07) is -0.665. The molecule has 0 bridgehead atoms. The van der Waals surface area contributed by atoms with Crippen molar-refractivity contribution in [1.82, 2.24) is 30.0 Å². The molecule has 0 aliphatic rings. The first kappa shape index (κ1) is 19.1. The number of nitrogens with one attached hydrogen (secondary N) is 2. The van der Waals surface area contributed by atoms with Gasteiger partial charge >= 0.3 is 12.0 Å². The second-order valence-corrected chi connectivity index (χ2v) is 6.00. The SMILES string of the molecule is CC(C)CNC(=O)NC(=O)COC(=O)Cn1cnc2c(cnn2C)c1=O. The number of imide groups is 1. The molecule has 0 aliphatic carbocycles. The second-order valence-electron chi connectivity index (χ2n) is 6.00. The number of aryl methyl sites for hydroxylation is 1. The molecule has 0 aromatic carbocycles. The third-order valence-corrected chi connectivity index (χ3v) is 3.31. The Morgan fingerprint density at radius 2 is 2.04 bits per heavy atom. The number of amides is 3. The van der Waals surface area contributed by atoms with Gasteiger partial charge in [0.1, 0.15) is 18.3 Å². The van der Waals surface area contributed by atoms with E-state index in [2.05, 4.69) is 15.4 Å². The zero-order chi connectivity index (χ0) is 19.3. The van der Waals surface area contributed by atoms with Crippen LogP contribution in [0.1, 0.15) is 13.8 Å². The van der Waals surface area contributed by atoms with Crippen molar-refractivity contribution in [3.05, 3.63) is 22.9 Å². The average molecular weight is 364 g/mol. The van der Waals surface area contributed by atoms with Crippen LogP contribution in [0.4, 0.5) is 4.79 Å². The summed E-state index contributed by atoms with van der Waals surface area (Å²) in [5, 5.41) is 8.72. The molecule has 11 heteroatoms. The number of esters is 1. The highest BCUT2D eigenvalue weighted by molar-refractivity contribution is 5.95. The molecule has 0 spiro atoms. The topological polar surface area (TPSA) is 137 Å². The molecule has 0 saturated heterocycles. The van der Waals surface area contributed by atoms with E-state index in [-0.39, 0.29) is 11.3 Å². The maximum Gasteiger partial charge on any atom is 0.326 e. The summed E-state index contributed by atoms with van der Waals surface area (Å²) in [4.78, 5) is 51.0. The van der Waals surface area contributed by atoms with E-state index < -0.39 is 36.6 Å². The van der Waals surface area contributed by atoms with E-state index in [0.29, 0.717) is 12.2 Å². The number of aromatic nitrogens is 4. The molecule has 2 aromatic heterocycles. The second kappa shape index (κ2) is 8.23. The predicted molar refractivity (Wildman–Crippen MR) is 90.1 cm³/mol. The van der Waals surface area contributed by atoms with Crippen LogP contribution in [0.25, 0.3) is 11.0 Å². The monoisotopic (exact) mass is 364 g/mol. The van der Waals surface area contributed by atoms with Crippen molar-refractivity contribution in [1.29, 1.82) is 0 Å². The Morgan fingerprint density at radius 1 is 1.31 bits per heavy atom. The minimum atomic E-state index is -0.810. The van der Waals surface area contributed by atoms with Crippen LogP contribution in [0, 0.1) is 5.92 Å². The van der Waals surface area contributed by atoms with E-state index in [0.717, 1.165) is 4.57 Å². The predicted octanol–water partition coefficient (Wildman–Crippen LogP) is -0.845. The van der Waals surface area contributed by atoms with E-state index in [1.165, 1.54) is 17.2 Å². The highest BCUT2D eigenvalue weighted by atomic mass is 16.5. The Balaban J connectivity index is 1.85. The Kier molecular flexibility index (Phi) is 6.04. The quantitative estimate of drug-likeness (QED) is 0.637. The smallest absolute Gasteiger partial charge is 0.326 e. The molecule has 0 unspecified atom stereocenters. The Bertz CT molecular complexity index is 884. The highest BCUT2D eigenvalue weighted by Gasteiger charge is 2.14. The summed E-state index contributed by atoms with van der Waals surface area (Å²) >= 11 is 0. The molecule has 3 amide bonds. The van der Waals surface area contributed by atoms with Crippen molar-refractivity contribution < 1.29 is 19.1 Å². The fourth-order valence-electron chi connectivity index (χ4n) is 2.01. The summed E-state index contributed by atoms with van der Waals surface area (Å²) in [5.41, 5.74) is -0.0519. The van der Waals surface area contributed by atoms with Crippen LogP contribution < -0.4 is 16.2 Å². The molecule has 0 atom stereocenters. The van der Waals surface area contributed by atoms with Gasteiger partial charge < -0.3 is 10.1 Å². The lowest BCUT2D eigenvalue weighted by molar-refractivity contribution is -0.148. The molecular weight excluding hydrogens is 344 g/mol. The Morgan fingerprint density at radius 3 is 2.73 bits per heavy atom. The molecule has 2 rings (SSSR count). The zero-order valence-electron chi connectivity index (χ0n) is 14.7. The highest BCUT2D eigenvalue weighted by Crippen LogP contribution is 2.03. The number of urea groups is 1. The Hall–Kier alpha value is -3.24. The van der Waals surface area contributed by atoms with E-state index in [4.69, 9.17) is 4.74 Å². The standard InChI is InChI=1S/C15H20N6O5/c1-9(2)4-16-15(25)19-11(22)7-26-12(23)6-21-8-17-13-10(14(21)24)5-18-20(13)3/h5,8-9H,4,6-7H2,1-3H3,(H2,16,19,22,25). The maximum absolute atomic E-state index is 12.2. The molecule has 2 N–H and O–H groups in total. The zero-order valence-corrected chi connectivity index (χ0v) is 14.7. The fourth-order valence-corrected chi connectivity index (χ4v) is 2.01. The van der Waals surface area contributed by atoms with Gasteiger partial charge in [0.05, 0.1) is 6.20 Å². The van der Waals surface area contributed by atoms with Crippen molar-refractivity contribution in [3.8, 4) is 0 Å². The van der Waals surface area contributed by atoms with Crippen molar-refractivity contribution in [2.75, 3.05) is 13.2 Å². The summed E-state index contributed by atoms with van der Waals surface area (Å²) in [7, 11) is 1.64. The summed E-state index contributed by atoms with van der Waals surface area (Å²) in [6.07, 6.45) is 2.56. The van der Waals surface area contributed by atoms with E-state index in [1.54, 1.807) is 7.05 Å². The maximum atomic E-state index is 12.2. The average Bonchev–Trinajstić information content (AvgIpc) is 2.95. The molecule has 2 heterocycles. The van der Waals surface area contributed by atoms with Gasteiger partial charge in [-0.25, -0.2) is 9.78 Å². The van der Waals surface area contributed by atoms with Gasteiger partial charge in [0, 0.05) is 13.6 Å². The van der Waals surface area contributed by atoms with Crippen molar-refractivity contribution in [2.45, 2.75) is 20.4 Å². The summed E-state index contributed by atoms with van der Waals surface area (Å²) in [5.74, 6) is -1.35. The van der Waals surface area contributed by atoms with Gasteiger partial charge in [0.15, 0.2) is 12.3 Å². The third kappa shape index (κ3) is 4.88. The molecule has 0 saturated carbocycles. The Labute approximate surface area is 148 Å². The third-order valence-electron chi connectivity index (χ3n) is 3.31. The molecule has 11 nitrogen and oxygen atoms in total. The minimum absolute atomic E-state index is 0.234. The number of carbonyl (C=O) groups is 3. The number of carbonyl (C=O) groups excluding carboxylic acids is 3. The van der Waals surface area contributed by atoms with E-state index in [9.17, 15) is 19.2 Å². The van der Waals surface area contributed by atoms with Crippen LogP contribution in [0.15, 0.2) is 17.3 Å². The van der Waals surface area contributed by atoms with E-state index >= 15 is 0 Å². The van der Waals surface area contributed by atoms with Crippen LogP contribution in [0.2, 0.25) is 0 Å². The first-order valence-electron chi connectivity index (χ1n) is 7.88. The van der Waals surface area contributed by atoms with Gasteiger partial charge in [-0.2, -0.15) is 5.10 Å². The first-order valence-corrected chi connectivity index (χ1v) is 7.88. The van der Waals surface area contributed by atoms with Crippen LogP contribution in [0.5, 0.6) is 0 Å². The van der Waals surface area contributed by atoms with Crippen LogP contribution in [-0.4, -0.2) is 50.4 Å². The van der Waals surface area contributed by atoms with Crippen molar-refractivity contribution in [2.24, 2.45) is 13.0 Å². The minimum Gasteiger partial charge on any atom is -0.454 e. The van der Waals surface area contributed by atoms with Gasteiger partial charge in [-0.05, 0) is 5.92 Å². The number of nitrogens with zero attached hydrogens (tertiary/aromatic N) is 4. The van der Waals surface area contributed by atoms with Crippen molar-refractivity contribution >= 4 is 28.9 Å². The molecule has 140 valence electrons.